The third-order valence-corrected chi connectivity index (χ3v) is 6.66. The van der Waals surface area contributed by atoms with Gasteiger partial charge in [-0.25, -0.2) is 0 Å². The number of aliphatic hydroxyl groups is 6. The lowest BCUT2D eigenvalue weighted by Gasteiger charge is -2.48. The van der Waals surface area contributed by atoms with Gasteiger partial charge in [0.05, 0.1) is 12.6 Å². The zero-order valence-corrected chi connectivity index (χ0v) is 18.4. The van der Waals surface area contributed by atoms with E-state index in [-0.39, 0.29) is 13.0 Å². The molecule has 3 fully saturated rings. The Bertz CT molecular complexity index is 653. The minimum absolute atomic E-state index is 0.0861. The molecule has 0 amide bonds. The van der Waals surface area contributed by atoms with Gasteiger partial charge < -0.3 is 77.7 Å². The van der Waals surface area contributed by atoms with Crippen LogP contribution in [0.25, 0.3) is 0 Å². The van der Waals surface area contributed by atoms with Crippen molar-refractivity contribution in [1.82, 2.24) is 5.48 Å². The number of nitrogens with two attached hydrogens (primary N) is 4. The minimum Gasteiger partial charge on any atom is -0.394 e. The molecule has 16 N–H and O–H groups in total. The first-order valence-electron chi connectivity index (χ1n) is 11.0. The Morgan fingerprint density at radius 3 is 1.85 bits per heavy atom. The summed E-state index contributed by atoms with van der Waals surface area (Å²) in [7, 11) is 0. The van der Waals surface area contributed by atoms with Crippen LogP contribution in [0.4, 0.5) is 0 Å². The molecule has 15 atom stereocenters. The monoisotopic (exact) mass is 499 g/mol. The van der Waals surface area contributed by atoms with Crippen LogP contribution in [-0.2, 0) is 18.9 Å². The maximum absolute atomic E-state index is 11.0. The summed E-state index contributed by atoms with van der Waals surface area (Å²) in [4.78, 5) is 0. The van der Waals surface area contributed by atoms with Crippen molar-refractivity contribution in [2.24, 2.45) is 22.9 Å². The van der Waals surface area contributed by atoms with Gasteiger partial charge in [0.25, 0.3) is 0 Å². The molecule has 0 radical (unpaired) electrons. The van der Waals surface area contributed by atoms with Crippen LogP contribution in [0.5, 0.6) is 0 Å². The van der Waals surface area contributed by atoms with Gasteiger partial charge in [0.2, 0.25) is 0 Å². The number of hydrogen-bond acceptors (Lipinski definition) is 16. The average Bonchev–Trinajstić information content (AvgIpc) is 2.81. The van der Waals surface area contributed by atoms with Crippen LogP contribution in [0.15, 0.2) is 0 Å². The van der Waals surface area contributed by atoms with Gasteiger partial charge >= 0.3 is 0 Å². The van der Waals surface area contributed by atoms with Crippen LogP contribution < -0.4 is 28.4 Å². The molecule has 2 aliphatic heterocycles. The zero-order valence-electron chi connectivity index (χ0n) is 18.4. The summed E-state index contributed by atoms with van der Waals surface area (Å²) in [5.41, 5.74) is 25.4. The van der Waals surface area contributed by atoms with E-state index in [1.807, 2.05) is 5.48 Å². The SMILES string of the molecule is NCC1OC(OC2C(N)CC(N)C(OC3OC(CO)C(O)C(N)C3O)C2O)C(NO)C(O)C1O. The fraction of sp³-hybridized carbons (Fsp3) is 1.00. The van der Waals surface area contributed by atoms with E-state index in [9.17, 15) is 35.8 Å². The second-order valence-corrected chi connectivity index (χ2v) is 8.95. The predicted octanol–water partition coefficient (Wildman–Crippen LogP) is -7.30. The molecule has 15 unspecified atom stereocenters. The molecule has 1 saturated carbocycles. The first-order valence-corrected chi connectivity index (χ1v) is 11.0. The van der Waals surface area contributed by atoms with Crippen molar-refractivity contribution in [2.45, 2.75) is 98.1 Å². The number of ether oxygens (including phenoxy) is 4. The molecule has 3 aliphatic rings. The molecule has 0 bridgehead atoms. The molecule has 200 valence electrons. The van der Waals surface area contributed by atoms with Gasteiger partial charge in [0, 0.05) is 18.6 Å². The highest BCUT2D eigenvalue weighted by atomic mass is 16.7. The van der Waals surface area contributed by atoms with Crippen LogP contribution >= 0.6 is 0 Å². The molecule has 0 aromatic rings. The topological polar surface area (TPSA) is 295 Å². The largest absolute Gasteiger partial charge is 0.394 e. The van der Waals surface area contributed by atoms with Crippen molar-refractivity contribution in [3.63, 3.8) is 0 Å². The second-order valence-electron chi connectivity index (χ2n) is 8.95. The van der Waals surface area contributed by atoms with E-state index in [0.29, 0.717) is 0 Å². The summed E-state index contributed by atoms with van der Waals surface area (Å²) >= 11 is 0. The summed E-state index contributed by atoms with van der Waals surface area (Å²) in [6, 6.07) is -4.17. The van der Waals surface area contributed by atoms with E-state index in [2.05, 4.69) is 0 Å². The van der Waals surface area contributed by atoms with Gasteiger partial charge in [-0.3, -0.25) is 0 Å². The maximum Gasteiger partial charge on any atom is 0.186 e. The number of hydrogen-bond donors (Lipinski definition) is 12. The highest BCUT2D eigenvalue weighted by molar-refractivity contribution is 5.01. The lowest BCUT2D eigenvalue weighted by Crippen LogP contribution is -2.69. The van der Waals surface area contributed by atoms with E-state index in [1.165, 1.54) is 0 Å². The fourth-order valence-electron chi connectivity index (χ4n) is 4.56. The molecular formula is C18H37N5O11. The van der Waals surface area contributed by atoms with Gasteiger partial charge in [-0.15, -0.1) is 0 Å². The number of aliphatic hydroxyl groups excluding tert-OH is 6. The minimum atomic E-state index is -1.52. The number of rotatable bonds is 7. The second kappa shape index (κ2) is 11.6. The normalized spacial score (nSPS) is 52.5. The first-order chi connectivity index (χ1) is 16.0. The summed E-state index contributed by atoms with van der Waals surface area (Å²) < 4.78 is 22.5. The van der Waals surface area contributed by atoms with Gasteiger partial charge in [-0.05, 0) is 6.42 Å². The van der Waals surface area contributed by atoms with Crippen LogP contribution in [0, 0.1) is 0 Å². The third-order valence-electron chi connectivity index (χ3n) is 6.66. The summed E-state index contributed by atoms with van der Waals surface area (Å²) in [6.45, 7) is -0.760. The van der Waals surface area contributed by atoms with Gasteiger partial charge in [-0.1, -0.05) is 0 Å². The van der Waals surface area contributed by atoms with Gasteiger partial charge in [-0.2, -0.15) is 5.48 Å². The van der Waals surface area contributed by atoms with Crippen LogP contribution in [0.2, 0.25) is 0 Å². The van der Waals surface area contributed by atoms with Crippen molar-refractivity contribution in [1.29, 1.82) is 0 Å². The molecule has 2 saturated heterocycles. The lowest BCUT2D eigenvalue weighted by molar-refractivity contribution is -0.323. The summed E-state index contributed by atoms with van der Waals surface area (Å²) in [5.74, 6) is 0. The Morgan fingerprint density at radius 1 is 0.765 bits per heavy atom. The molecule has 0 spiro atoms. The first kappa shape index (κ1) is 27.9. The maximum atomic E-state index is 11.0. The fourth-order valence-corrected chi connectivity index (χ4v) is 4.56. The Balaban J connectivity index is 1.74. The lowest BCUT2D eigenvalue weighted by atomic mass is 9.84. The molecule has 0 aromatic heterocycles. The molecule has 16 heteroatoms. The van der Waals surface area contributed by atoms with Crippen LogP contribution in [0.3, 0.4) is 0 Å². The molecule has 3 rings (SSSR count). The molecule has 16 nitrogen and oxygen atoms in total. The van der Waals surface area contributed by atoms with Gasteiger partial charge in [0.15, 0.2) is 12.6 Å². The van der Waals surface area contributed by atoms with Crippen LogP contribution in [-0.4, -0.2) is 141 Å². The summed E-state index contributed by atoms with van der Waals surface area (Å²) in [6.07, 6.45) is -14.6. The van der Waals surface area contributed by atoms with Gasteiger partial charge in [0.1, 0.15) is 61.0 Å². The molecule has 2 heterocycles. The van der Waals surface area contributed by atoms with Crippen molar-refractivity contribution in [3.05, 3.63) is 0 Å². The highest BCUT2D eigenvalue weighted by Crippen LogP contribution is 2.31. The zero-order chi connectivity index (χ0) is 25.3. The third kappa shape index (κ3) is 5.37. The van der Waals surface area contributed by atoms with Crippen molar-refractivity contribution < 1.29 is 54.8 Å². The van der Waals surface area contributed by atoms with Crippen molar-refractivity contribution in [2.75, 3.05) is 13.2 Å². The molecule has 1 aliphatic carbocycles. The van der Waals surface area contributed by atoms with E-state index in [4.69, 9.17) is 41.9 Å². The Hall–Kier alpha value is -0.640. The van der Waals surface area contributed by atoms with Crippen molar-refractivity contribution >= 4 is 0 Å². The number of hydroxylamine groups is 1. The van der Waals surface area contributed by atoms with E-state index >= 15 is 0 Å². The van der Waals surface area contributed by atoms with E-state index < -0.39 is 98.3 Å². The molecule has 0 aromatic carbocycles. The predicted molar refractivity (Wildman–Crippen MR) is 110 cm³/mol. The smallest absolute Gasteiger partial charge is 0.186 e. The van der Waals surface area contributed by atoms with E-state index in [1.54, 1.807) is 0 Å². The molecule has 34 heavy (non-hydrogen) atoms. The number of nitrogens with one attached hydrogen (secondary N) is 1. The Morgan fingerprint density at radius 2 is 1.32 bits per heavy atom. The standard InChI is InChI=1S/C18H37N5O11/c19-2-6-11(26)13(28)9(23-30)17(31-6)33-15-4(20)1-5(21)16(14(15)29)34-18-12(27)8(22)10(25)7(3-24)32-18/h4-18,23-30H,1-3,19-22H2. The summed E-state index contributed by atoms with van der Waals surface area (Å²) in [5, 5.41) is 70.6. The molecular weight excluding hydrogens is 462 g/mol. The van der Waals surface area contributed by atoms with Crippen molar-refractivity contribution in [3.8, 4) is 0 Å². The Kier molecular flexibility index (Phi) is 9.54. The Labute approximate surface area is 195 Å². The van der Waals surface area contributed by atoms with Crippen LogP contribution in [0.1, 0.15) is 6.42 Å². The highest BCUT2D eigenvalue weighted by Gasteiger charge is 2.51. The quantitative estimate of drug-likeness (QED) is 0.145. The van der Waals surface area contributed by atoms with E-state index in [0.717, 1.165) is 0 Å². The average molecular weight is 500 g/mol.